The third kappa shape index (κ3) is 4.33. The Hall–Kier alpha value is -0.870. The summed E-state index contributed by atoms with van der Waals surface area (Å²) < 4.78 is 1.96. The van der Waals surface area contributed by atoms with Crippen LogP contribution in [0.15, 0.2) is 6.07 Å². The quantitative estimate of drug-likeness (QED) is 0.710. The van der Waals surface area contributed by atoms with Crippen LogP contribution in [0.4, 0.5) is 0 Å². The zero-order valence-electron chi connectivity index (χ0n) is 10.7. The monoisotopic (exact) mass is 224 g/mol. The van der Waals surface area contributed by atoms with Crippen LogP contribution in [0.2, 0.25) is 0 Å². The molecule has 1 aromatic heterocycles. The van der Waals surface area contributed by atoms with Crippen molar-refractivity contribution in [3.63, 3.8) is 0 Å². The van der Waals surface area contributed by atoms with Gasteiger partial charge in [0.25, 0.3) is 0 Å². The molecular formula is C12H24N4. The van der Waals surface area contributed by atoms with E-state index in [-0.39, 0.29) is 0 Å². The molecule has 1 aromatic rings. The molecule has 0 fully saturated rings. The van der Waals surface area contributed by atoms with Gasteiger partial charge in [-0.1, -0.05) is 6.42 Å². The van der Waals surface area contributed by atoms with E-state index in [1.165, 1.54) is 18.5 Å². The summed E-state index contributed by atoms with van der Waals surface area (Å²) in [5.74, 6) is 0. The standard InChI is InChI=1S/C12H24N4/c1-11-9-12(16(3)14-11)10-15(2)8-6-4-5-7-13/h9H,4-8,10,13H2,1-3H3. The largest absolute Gasteiger partial charge is 0.330 e. The van der Waals surface area contributed by atoms with Gasteiger partial charge < -0.3 is 10.6 Å². The molecule has 1 heterocycles. The van der Waals surface area contributed by atoms with E-state index in [0.29, 0.717) is 0 Å². The molecule has 0 atom stereocenters. The molecule has 0 unspecified atom stereocenters. The van der Waals surface area contributed by atoms with E-state index >= 15 is 0 Å². The highest BCUT2D eigenvalue weighted by Gasteiger charge is 2.05. The average Bonchev–Trinajstić information content (AvgIpc) is 2.52. The van der Waals surface area contributed by atoms with Crippen molar-refractivity contribution in [1.29, 1.82) is 0 Å². The second kappa shape index (κ2) is 6.66. The second-order valence-corrected chi connectivity index (χ2v) is 4.49. The lowest BCUT2D eigenvalue weighted by Gasteiger charge is -2.16. The normalized spacial score (nSPS) is 11.3. The van der Waals surface area contributed by atoms with E-state index in [4.69, 9.17) is 5.73 Å². The average molecular weight is 224 g/mol. The Balaban J connectivity index is 2.28. The van der Waals surface area contributed by atoms with Crippen LogP contribution in [0.3, 0.4) is 0 Å². The summed E-state index contributed by atoms with van der Waals surface area (Å²) in [6.07, 6.45) is 3.59. The molecule has 1 rings (SSSR count). The van der Waals surface area contributed by atoms with E-state index in [0.717, 1.165) is 31.7 Å². The third-order valence-electron chi connectivity index (χ3n) is 2.77. The number of nitrogens with zero attached hydrogens (tertiary/aromatic N) is 3. The Bertz CT molecular complexity index is 306. The Morgan fingerprint density at radius 3 is 2.69 bits per heavy atom. The minimum atomic E-state index is 0.810. The highest BCUT2D eigenvalue weighted by Crippen LogP contribution is 2.06. The van der Waals surface area contributed by atoms with Crippen molar-refractivity contribution in [3.05, 3.63) is 17.5 Å². The maximum absolute atomic E-state index is 5.47. The summed E-state index contributed by atoms with van der Waals surface area (Å²) in [5, 5.41) is 4.35. The molecule has 0 aromatic carbocycles. The van der Waals surface area contributed by atoms with Gasteiger partial charge in [-0.15, -0.1) is 0 Å². The molecule has 0 saturated heterocycles. The van der Waals surface area contributed by atoms with Gasteiger partial charge in [0.05, 0.1) is 11.4 Å². The Morgan fingerprint density at radius 1 is 1.38 bits per heavy atom. The van der Waals surface area contributed by atoms with Crippen LogP contribution in [0, 0.1) is 6.92 Å². The van der Waals surface area contributed by atoms with Gasteiger partial charge in [-0.3, -0.25) is 4.68 Å². The number of hydrogen-bond acceptors (Lipinski definition) is 3. The van der Waals surface area contributed by atoms with Crippen molar-refractivity contribution >= 4 is 0 Å². The summed E-state index contributed by atoms with van der Waals surface area (Å²) in [6.45, 7) is 4.94. The van der Waals surface area contributed by atoms with Crippen molar-refractivity contribution in [1.82, 2.24) is 14.7 Å². The van der Waals surface area contributed by atoms with Crippen molar-refractivity contribution in [2.45, 2.75) is 32.7 Å². The van der Waals surface area contributed by atoms with Crippen molar-refractivity contribution in [2.75, 3.05) is 20.1 Å². The molecule has 4 heteroatoms. The zero-order chi connectivity index (χ0) is 12.0. The number of rotatable bonds is 7. The number of nitrogens with two attached hydrogens (primary N) is 1. The van der Waals surface area contributed by atoms with Gasteiger partial charge in [0, 0.05) is 13.6 Å². The lowest BCUT2D eigenvalue weighted by atomic mass is 10.2. The van der Waals surface area contributed by atoms with Gasteiger partial charge in [0.1, 0.15) is 0 Å². The first-order chi connectivity index (χ1) is 7.63. The van der Waals surface area contributed by atoms with Gasteiger partial charge in [-0.25, -0.2) is 0 Å². The predicted octanol–water partition coefficient (Wildman–Crippen LogP) is 1.29. The SMILES string of the molecule is Cc1cc(CN(C)CCCCCN)n(C)n1. The molecule has 0 saturated carbocycles. The maximum Gasteiger partial charge on any atom is 0.0597 e. The van der Waals surface area contributed by atoms with Crippen molar-refractivity contribution in [2.24, 2.45) is 12.8 Å². The van der Waals surface area contributed by atoms with Crippen LogP contribution in [0.25, 0.3) is 0 Å². The summed E-state index contributed by atoms with van der Waals surface area (Å²) >= 11 is 0. The number of unbranched alkanes of at least 4 members (excludes halogenated alkanes) is 2. The highest BCUT2D eigenvalue weighted by atomic mass is 15.3. The molecule has 0 amide bonds. The van der Waals surface area contributed by atoms with E-state index in [1.807, 2.05) is 18.7 Å². The first kappa shape index (κ1) is 13.2. The van der Waals surface area contributed by atoms with Gasteiger partial charge in [-0.2, -0.15) is 5.10 Å². The maximum atomic E-state index is 5.47. The highest BCUT2D eigenvalue weighted by molar-refractivity contribution is 5.08. The Labute approximate surface area is 98.4 Å². The van der Waals surface area contributed by atoms with Gasteiger partial charge >= 0.3 is 0 Å². The summed E-state index contributed by atoms with van der Waals surface area (Å²) in [7, 11) is 4.16. The van der Waals surface area contributed by atoms with E-state index in [2.05, 4.69) is 23.1 Å². The summed E-state index contributed by atoms with van der Waals surface area (Å²) in [5.41, 5.74) is 7.83. The van der Waals surface area contributed by atoms with Gasteiger partial charge in [0.15, 0.2) is 0 Å². The first-order valence-corrected chi connectivity index (χ1v) is 6.01. The molecule has 92 valence electrons. The number of aryl methyl sites for hydroxylation is 2. The van der Waals surface area contributed by atoms with E-state index < -0.39 is 0 Å². The van der Waals surface area contributed by atoms with Crippen LogP contribution >= 0.6 is 0 Å². The van der Waals surface area contributed by atoms with Gasteiger partial charge in [-0.05, 0) is 46.0 Å². The molecule has 0 spiro atoms. The van der Waals surface area contributed by atoms with Crippen molar-refractivity contribution < 1.29 is 0 Å². The molecule has 0 aliphatic heterocycles. The van der Waals surface area contributed by atoms with Crippen LogP contribution < -0.4 is 5.73 Å². The zero-order valence-corrected chi connectivity index (χ0v) is 10.7. The number of hydrogen-bond donors (Lipinski definition) is 1. The molecule has 4 nitrogen and oxygen atoms in total. The smallest absolute Gasteiger partial charge is 0.0597 e. The molecule has 0 radical (unpaired) electrons. The van der Waals surface area contributed by atoms with Crippen LogP contribution in [-0.4, -0.2) is 34.8 Å². The van der Waals surface area contributed by atoms with Crippen LogP contribution in [0.5, 0.6) is 0 Å². The summed E-state index contributed by atoms with van der Waals surface area (Å²) in [4.78, 5) is 2.34. The topological polar surface area (TPSA) is 47.1 Å². The fourth-order valence-electron chi connectivity index (χ4n) is 1.87. The summed E-state index contributed by atoms with van der Waals surface area (Å²) in [6, 6.07) is 2.15. The fraction of sp³-hybridized carbons (Fsp3) is 0.750. The molecule has 0 aliphatic rings. The minimum Gasteiger partial charge on any atom is -0.330 e. The van der Waals surface area contributed by atoms with Crippen molar-refractivity contribution in [3.8, 4) is 0 Å². The van der Waals surface area contributed by atoms with E-state index in [1.54, 1.807) is 0 Å². The first-order valence-electron chi connectivity index (χ1n) is 6.01. The Kier molecular flexibility index (Phi) is 5.49. The second-order valence-electron chi connectivity index (χ2n) is 4.49. The fourth-order valence-corrected chi connectivity index (χ4v) is 1.87. The predicted molar refractivity (Wildman–Crippen MR) is 67.2 cm³/mol. The van der Waals surface area contributed by atoms with Gasteiger partial charge in [0.2, 0.25) is 0 Å². The number of aromatic nitrogens is 2. The molecular weight excluding hydrogens is 200 g/mol. The molecule has 0 bridgehead atoms. The van der Waals surface area contributed by atoms with E-state index in [9.17, 15) is 0 Å². The lowest BCUT2D eigenvalue weighted by Crippen LogP contribution is -2.20. The van der Waals surface area contributed by atoms with Crippen LogP contribution in [-0.2, 0) is 13.6 Å². The molecule has 16 heavy (non-hydrogen) atoms. The Morgan fingerprint density at radius 2 is 2.12 bits per heavy atom. The lowest BCUT2D eigenvalue weighted by molar-refractivity contribution is 0.309. The molecule has 0 aliphatic carbocycles. The molecule has 2 N–H and O–H groups in total. The third-order valence-corrected chi connectivity index (χ3v) is 2.77. The van der Waals surface area contributed by atoms with Crippen LogP contribution in [0.1, 0.15) is 30.7 Å². The minimum absolute atomic E-state index is 0.810.